The van der Waals surface area contributed by atoms with Gasteiger partial charge in [0.05, 0.1) is 46.0 Å². The summed E-state index contributed by atoms with van der Waals surface area (Å²) in [7, 11) is -4.68. The van der Waals surface area contributed by atoms with Crippen molar-refractivity contribution in [3.8, 4) is 34.5 Å². The summed E-state index contributed by atoms with van der Waals surface area (Å²) in [4.78, 5) is -0.496. The molecule has 0 atom stereocenters. The first-order chi connectivity index (χ1) is 33.1. The number of nitrogens with one attached hydrogen (secondary N) is 1. The Morgan fingerprint density at radius 2 is 1.14 bits per heavy atom. The minimum absolute atomic E-state index is 0.0696. The Morgan fingerprint density at radius 3 is 1.78 bits per heavy atom. The van der Waals surface area contributed by atoms with Gasteiger partial charge in [-0.1, -0.05) is 18.2 Å². The highest BCUT2D eigenvalue weighted by molar-refractivity contribution is 7.86. The predicted octanol–water partition coefficient (Wildman–Crippen LogP) is 12.4. The Labute approximate surface area is 397 Å². The number of aromatic hydroxyl groups is 1. The summed E-state index contributed by atoms with van der Waals surface area (Å²) < 4.78 is 96.0. The number of rotatable bonds is 20. The van der Waals surface area contributed by atoms with Crippen molar-refractivity contribution in [2.45, 2.75) is 24.7 Å². The minimum Gasteiger partial charge on any atom is -0.505 e. The van der Waals surface area contributed by atoms with Crippen molar-refractivity contribution in [2.24, 2.45) is 30.7 Å². The molecule has 4 N–H and O–H groups in total. The Kier molecular flexibility index (Phi) is 15.3. The Balaban J connectivity index is 1.17. The molecule has 7 aromatic carbocycles. The molecule has 0 fully saturated rings. The third-order valence-corrected chi connectivity index (χ3v) is 12.0. The largest absolute Gasteiger partial charge is 0.505 e. The van der Waals surface area contributed by atoms with Crippen LogP contribution in [0.5, 0.6) is 34.5 Å². The van der Waals surface area contributed by atoms with Gasteiger partial charge in [0.25, 0.3) is 20.2 Å². The maximum atomic E-state index is 12.7. The molecule has 0 heterocycles. The quantitative estimate of drug-likeness (QED) is 0.0315. The summed E-state index contributed by atoms with van der Waals surface area (Å²) in [6.45, 7) is 7.25. The zero-order valence-electron chi connectivity index (χ0n) is 37.5. The van der Waals surface area contributed by atoms with E-state index in [1.807, 2.05) is 42.5 Å². The van der Waals surface area contributed by atoms with Crippen LogP contribution in [0.3, 0.4) is 0 Å². The van der Waals surface area contributed by atoms with E-state index in [9.17, 15) is 31.0 Å². The Morgan fingerprint density at radius 1 is 0.565 bits per heavy atom. The molecule has 0 saturated carbocycles. The number of phenolic OH excluding ortho intramolecular Hbond substituents is 1. The fourth-order valence-corrected chi connectivity index (χ4v) is 8.28. The van der Waals surface area contributed by atoms with Gasteiger partial charge in [0, 0.05) is 45.7 Å². The molecular weight excluding hydrogens is 931 g/mol. The Hall–Kier alpha value is -7.72. The zero-order chi connectivity index (χ0) is 49.3. The third kappa shape index (κ3) is 12.1. The smallest absolute Gasteiger partial charge is 0.297 e. The van der Waals surface area contributed by atoms with Crippen LogP contribution in [0, 0.1) is 13.8 Å². The number of hydrogen-bond donors (Lipinski definition) is 4. The summed E-state index contributed by atoms with van der Waals surface area (Å²) in [5, 5.41) is 42.4. The highest BCUT2D eigenvalue weighted by Crippen LogP contribution is 2.45. The van der Waals surface area contributed by atoms with Crippen LogP contribution in [0.2, 0.25) is 0 Å². The second-order valence-corrected chi connectivity index (χ2v) is 17.9. The first kappa shape index (κ1) is 49.2. The van der Waals surface area contributed by atoms with Crippen molar-refractivity contribution in [3.63, 3.8) is 0 Å². The number of methoxy groups -OCH3 is 3. The number of hydrogen-bond acceptors (Lipinski definition) is 17. The number of benzene rings is 7. The van der Waals surface area contributed by atoms with Crippen molar-refractivity contribution in [2.75, 3.05) is 45.6 Å². The lowest BCUT2D eigenvalue weighted by molar-refractivity contribution is 0.317. The van der Waals surface area contributed by atoms with Crippen LogP contribution in [-0.4, -0.2) is 71.3 Å². The molecule has 0 unspecified atom stereocenters. The fourth-order valence-electron chi connectivity index (χ4n) is 6.97. The van der Waals surface area contributed by atoms with E-state index in [4.69, 9.17) is 30.6 Å². The van der Waals surface area contributed by atoms with Crippen LogP contribution in [0.15, 0.2) is 145 Å². The summed E-state index contributed by atoms with van der Waals surface area (Å²) in [5.74, 6) is 0.955. The van der Waals surface area contributed by atoms with Gasteiger partial charge in [0.2, 0.25) is 0 Å². The van der Waals surface area contributed by atoms with Gasteiger partial charge in [0.1, 0.15) is 62.1 Å². The lowest BCUT2D eigenvalue weighted by Gasteiger charge is -2.12. The molecule has 0 bridgehead atoms. The lowest BCUT2D eigenvalue weighted by atomic mass is 10.1. The maximum absolute atomic E-state index is 12.7. The highest BCUT2D eigenvalue weighted by Gasteiger charge is 2.22. The highest BCUT2D eigenvalue weighted by atomic mass is 32.2. The van der Waals surface area contributed by atoms with E-state index in [1.54, 1.807) is 50.4 Å². The number of nitrogens with zero attached hydrogens (tertiary/aromatic N) is 6. The molecule has 0 aliphatic carbocycles. The fraction of sp³-hybridized carbons (Fsp3) is 0.188. The van der Waals surface area contributed by atoms with Crippen molar-refractivity contribution >= 4 is 87.3 Å². The number of fused-ring (bicyclic) bond motifs is 2. The van der Waals surface area contributed by atoms with Gasteiger partial charge in [-0.05, 0) is 110 Å². The normalized spacial score (nSPS) is 12.1. The standard InChI is InChI=1S/C48H45N7O12S2/c1-6-21-66-43-10-7-9-36-35(43)18-20-38(48(36)69(60,61)62)51-52-39-26-46(67-22-8-23-68(57,58)59)40(24-29(39)2)53-55-42-28-44(64-4)41(27-45(42)65-5)54-50-37-19-11-30-25-32(14-17-34(30)47(37)56)49-31-12-15-33(63-3)16-13-31/h1,7,9-20,24-28,49,56H,6,8,21-23H2,2-5H3,(H,57,58,59)(H,60,61,62). The first-order valence-corrected chi connectivity index (χ1v) is 23.9. The van der Waals surface area contributed by atoms with Crippen LogP contribution >= 0.6 is 0 Å². The average Bonchev–Trinajstić information content (AvgIpc) is 3.33. The summed E-state index contributed by atoms with van der Waals surface area (Å²) in [6.07, 6.45) is 0.132. The van der Waals surface area contributed by atoms with Gasteiger partial charge in [0.15, 0.2) is 5.75 Å². The SMILES string of the molecule is [CH]CCOc1cccc2c(S(=O)(=O)O)c(N=Nc3cc(OCCCS(=O)(=O)O)c(N=Nc4cc(OC)c(N=Nc5ccc6cc(Nc7ccc(OC)cc7)ccc6c5O)cc4OC)cc3C)ccc12. The molecule has 7 aromatic rings. The molecule has 0 aliphatic heterocycles. The number of phenols is 1. The average molecular weight is 976 g/mol. The van der Waals surface area contributed by atoms with E-state index < -0.39 is 30.9 Å². The van der Waals surface area contributed by atoms with E-state index in [2.05, 4.69) is 36.0 Å². The predicted molar refractivity (Wildman–Crippen MR) is 260 cm³/mol. The van der Waals surface area contributed by atoms with E-state index in [0.717, 1.165) is 22.5 Å². The zero-order valence-corrected chi connectivity index (χ0v) is 39.2. The van der Waals surface area contributed by atoms with Gasteiger partial charge in [-0.3, -0.25) is 9.11 Å². The number of azo groups is 3. The molecule has 356 valence electrons. The molecule has 0 saturated heterocycles. The van der Waals surface area contributed by atoms with Crippen LogP contribution in [-0.2, 0) is 20.2 Å². The minimum atomic E-state index is -4.84. The maximum Gasteiger partial charge on any atom is 0.297 e. The number of aryl methyl sites for hydroxylation is 1. The van der Waals surface area contributed by atoms with Crippen LogP contribution < -0.4 is 29.0 Å². The molecule has 0 aromatic heterocycles. The molecule has 0 aliphatic rings. The van der Waals surface area contributed by atoms with E-state index in [1.165, 1.54) is 44.6 Å². The second-order valence-electron chi connectivity index (χ2n) is 15.0. The molecule has 21 heteroatoms. The van der Waals surface area contributed by atoms with Crippen molar-refractivity contribution in [1.29, 1.82) is 0 Å². The molecule has 0 spiro atoms. The molecule has 0 amide bonds. The van der Waals surface area contributed by atoms with Gasteiger partial charge in [-0.15, -0.1) is 25.6 Å². The molecular formula is C48H45N7O12S2. The van der Waals surface area contributed by atoms with Crippen molar-refractivity contribution in [3.05, 3.63) is 122 Å². The van der Waals surface area contributed by atoms with Gasteiger partial charge < -0.3 is 34.1 Å². The summed E-state index contributed by atoms with van der Waals surface area (Å²) in [5.41, 5.74) is 2.97. The molecule has 69 heavy (non-hydrogen) atoms. The van der Waals surface area contributed by atoms with Crippen molar-refractivity contribution < 1.29 is 54.7 Å². The van der Waals surface area contributed by atoms with E-state index >= 15 is 0 Å². The van der Waals surface area contributed by atoms with Crippen LogP contribution in [0.4, 0.5) is 45.5 Å². The topological polar surface area (TPSA) is 261 Å². The van der Waals surface area contributed by atoms with E-state index in [0.29, 0.717) is 22.1 Å². The number of anilines is 2. The van der Waals surface area contributed by atoms with Crippen LogP contribution in [0.1, 0.15) is 18.4 Å². The monoisotopic (exact) mass is 975 g/mol. The van der Waals surface area contributed by atoms with Gasteiger partial charge in [-0.2, -0.15) is 21.9 Å². The summed E-state index contributed by atoms with van der Waals surface area (Å²) >= 11 is 0. The molecule has 2 radical (unpaired) electrons. The first-order valence-electron chi connectivity index (χ1n) is 20.9. The lowest BCUT2D eigenvalue weighted by Crippen LogP contribution is -2.08. The Bertz CT molecular complexity index is 3350. The number of ether oxygens (including phenoxy) is 5. The summed E-state index contributed by atoms with van der Waals surface area (Å²) in [6, 6.07) is 30.1. The van der Waals surface area contributed by atoms with Crippen molar-refractivity contribution in [1.82, 2.24) is 0 Å². The molecule has 7 rings (SSSR count). The van der Waals surface area contributed by atoms with Gasteiger partial charge in [-0.25, -0.2) is 0 Å². The molecule has 19 nitrogen and oxygen atoms in total. The van der Waals surface area contributed by atoms with Crippen LogP contribution in [0.25, 0.3) is 21.5 Å². The van der Waals surface area contributed by atoms with E-state index in [-0.39, 0.29) is 88.6 Å². The van der Waals surface area contributed by atoms with Gasteiger partial charge >= 0.3 is 0 Å². The second kappa shape index (κ2) is 21.5. The third-order valence-electron chi connectivity index (χ3n) is 10.3.